The van der Waals surface area contributed by atoms with Crippen LogP contribution in [0.15, 0.2) is 0 Å². The number of carboxylic acids is 1. The van der Waals surface area contributed by atoms with Gasteiger partial charge in [0.25, 0.3) is 0 Å². The molecule has 1 aliphatic carbocycles. The number of alkyl carbamates (subject to hydrolysis) is 1. The molecule has 98 valence electrons. The normalized spacial score (nSPS) is 28.8. The van der Waals surface area contributed by atoms with Gasteiger partial charge in [-0.15, -0.1) is 0 Å². The summed E-state index contributed by atoms with van der Waals surface area (Å²) in [5.41, 5.74) is -1.15. The molecule has 1 saturated carbocycles. The van der Waals surface area contributed by atoms with Gasteiger partial charge in [-0.05, 0) is 32.6 Å². The molecule has 0 radical (unpaired) electrons. The summed E-state index contributed by atoms with van der Waals surface area (Å²) in [6.07, 6.45) is 1.87. The number of nitrogens with one attached hydrogen (secondary N) is 1. The Balaban J connectivity index is 2.71. The number of carbonyl (C=O) groups excluding carboxylic acids is 1. The fraction of sp³-hybridized carbons (Fsp3) is 0.833. The van der Waals surface area contributed by atoms with Crippen molar-refractivity contribution in [3.05, 3.63) is 0 Å². The summed E-state index contributed by atoms with van der Waals surface area (Å²) in [6, 6.07) is 0. The number of hydrogen-bond acceptors (Lipinski definition) is 3. The molecule has 2 N–H and O–H groups in total. The van der Waals surface area contributed by atoms with Crippen molar-refractivity contribution < 1.29 is 19.4 Å². The average Bonchev–Trinajstić information content (AvgIpc) is 2.15. The molecule has 0 spiro atoms. The van der Waals surface area contributed by atoms with E-state index in [1.807, 2.05) is 6.92 Å². The lowest BCUT2D eigenvalue weighted by Crippen LogP contribution is -2.57. The van der Waals surface area contributed by atoms with Gasteiger partial charge in [0.2, 0.25) is 0 Å². The van der Waals surface area contributed by atoms with E-state index in [0.29, 0.717) is 18.8 Å². The van der Waals surface area contributed by atoms with Crippen LogP contribution >= 0.6 is 0 Å². The lowest BCUT2D eigenvalue weighted by atomic mass is 9.76. The highest BCUT2D eigenvalue weighted by atomic mass is 16.6. The van der Waals surface area contributed by atoms with Crippen LogP contribution in [0.4, 0.5) is 4.79 Å². The SMILES string of the molecule is CC1CCCC(NC(=O)OC(C)C)(C(=O)O)C1. The maximum atomic E-state index is 11.5. The van der Waals surface area contributed by atoms with Gasteiger partial charge in [0.05, 0.1) is 6.10 Å². The number of hydrogen-bond donors (Lipinski definition) is 2. The van der Waals surface area contributed by atoms with Crippen molar-refractivity contribution in [1.29, 1.82) is 0 Å². The summed E-state index contributed by atoms with van der Waals surface area (Å²) < 4.78 is 4.95. The summed E-state index contributed by atoms with van der Waals surface area (Å²) in [5, 5.41) is 11.9. The van der Waals surface area contributed by atoms with Gasteiger partial charge in [-0.3, -0.25) is 0 Å². The van der Waals surface area contributed by atoms with Crippen LogP contribution < -0.4 is 5.32 Å². The Morgan fingerprint density at radius 1 is 1.47 bits per heavy atom. The average molecular weight is 243 g/mol. The van der Waals surface area contributed by atoms with Crippen molar-refractivity contribution in [2.75, 3.05) is 0 Å². The summed E-state index contributed by atoms with van der Waals surface area (Å²) >= 11 is 0. The van der Waals surface area contributed by atoms with E-state index in [1.165, 1.54) is 0 Å². The standard InChI is InChI=1S/C12H21NO4/c1-8(2)17-11(16)13-12(10(14)15)6-4-5-9(3)7-12/h8-9H,4-7H2,1-3H3,(H,13,16)(H,14,15). The van der Waals surface area contributed by atoms with Gasteiger partial charge in [-0.1, -0.05) is 19.8 Å². The highest BCUT2D eigenvalue weighted by Crippen LogP contribution is 2.32. The molecule has 1 fully saturated rings. The molecule has 0 heterocycles. The molecule has 0 aromatic rings. The minimum Gasteiger partial charge on any atom is -0.480 e. The zero-order valence-corrected chi connectivity index (χ0v) is 10.7. The highest BCUT2D eigenvalue weighted by Gasteiger charge is 2.43. The van der Waals surface area contributed by atoms with Gasteiger partial charge in [0.15, 0.2) is 0 Å². The molecule has 0 aliphatic heterocycles. The van der Waals surface area contributed by atoms with E-state index >= 15 is 0 Å². The van der Waals surface area contributed by atoms with Crippen molar-refractivity contribution in [3.63, 3.8) is 0 Å². The highest BCUT2D eigenvalue weighted by molar-refractivity contribution is 5.84. The molecule has 5 heteroatoms. The monoisotopic (exact) mass is 243 g/mol. The molecule has 5 nitrogen and oxygen atoms in total. The first-order valence-corrected chi connectivity index (χ1v) is 6.08. The van der Waals surface area contributed by atoms with Gasteiger partial charge in [0.1, 0.15) is 5.54 Å². The van der Waals surface area contributed by atoms with Gasteiger partial charge >= 0.3 is 12.1 Å². The van der Waals surface area contributed by atoms with Crippen molar-refractivity contribution >= 4 is 12.1 Å². The van der Waals surface area contributed by atoms with Crippen molar-refractivity contribution in [1.82, 2.24) is 5.32 Å². The van der Waals surface area contributed by atoms with Crippen molar-refractivity contribution in [2.24, 2.45) is 5.92 Å². The van der Waals surface area contributed by atoms with Crippen LogP contribution in [-0.2, 0) is 9.53 Å². The molecular weight excluding hydrogens is 222 g/mol. The van der Waals surface area contributed by atoms with Crippen molar-refractivity contribution in [3.8, 4) is 0 Å². The van der Waals surface area contributed by atoms with E-state index in [-0.39, 0.29) is 6.10 Å². The van der Waals surface area contributed by atoms with E-state index < -0.39 is 17.6 Å². The molecule has 1 amide bonds. The van der Waals surface area contributed by atoms with Gasteiger partial charge < -0.3 is 15.2 Å². The maximum Gasteiger partial charge on any atom is 0.408 e. The fourth-order valence-electron chi connectivity index (χ4n) is 2.35. The summed E-state index contributed by atoms with van der Waals surface area (Å²) in [5.74, 6) is -0.663. The Hall–Kier alpha value is -1.26. The first-order valence-electron chi connectivity index (χ1n) is 6.08. The number of carboxylic acid groups (broad SMARTS) is 1. The summed E-state index contributed by atoms with van der Waals surface area (Å²) in [4.78, 5) is 22.9. The second-order valence-corrected chi connectivity index (χ2v) is 5.17. The Bertz CT molecular complexity index is 303. The van der Waals surface area contributed by atoms with Gasteiger partial charge in [-0.2, -0.15) is 0 Å². The third kappa shape index (κ3) is 3.61. The summed E-state index contributed by atoms with van der Waals surface area (Å²) in [6.45, 7) is 5.47. The second-order valence-electron chi connectivity index (χ2n) is 5.17. The lowest BCUT2D eigenvalue weighted by Gasteiger charge is -2.36. The van der Waals surface area contributed by atoms with Crippen LogP contribution in [0.2, 0.25) is 0 Å². The van der Waals surface area contributed by atoms with Crippen LogP contribution in [0, 0.1) is 5.92 Å². The predicted octanol–water partition coefficient (Wildman–Crippen LogP) is 2.15. The predicted molar refractivity (Wildman–Crippen MR) is 62.8 cm³/mol. The maximum absolute atomic E-state index is 11.5. The first-order chi connectivity index (χ1) is 7.85. The molecule has 1 aliphatic rings. The minimum atomic E-state index is -1.15. The molecule has 1 rings (SSSR count). The first kappa shape index (κ1) is 13.8. The zero-order valence-electron chi connectivity index (χ0n) is 10.7. The quantitative estimate of drug-likeness (QED) is 0.796. The Kier molecular flexibility index (Phi) is 4.37. The van der Waals surface area contributed by atoms with Gasteiger partial charge in [-0.25, -0.2) is 9.59 Å². The minimum absolute atomic E-state index is 0.248. The smallest absolute Gasteiger partial charge is 0.408 e. The molecule has 17 heavy (non-hydrogen) atoms. The Morgan fingerprint density at radius 2 is 2.12 bits per heavy atom. The van der Waals surface area contributed by atoms with E-state index in [2.05, 4.69) is 5.32 Å². The third-order valence-corrected chi connectivity index (χ3v) is 3.09. The van der Waals surface area contributed by atoms with Gasteiger partial charge in [0, 0.05) is 0 Å². The summed E-state index contributed by atoms with van der Waals surface area (Å²) in [7, 11) is 0. The molecule has 0 aromatic carbocycles. The van der Waals surface area contributed by atoms with Crippen LogP contribution in [-0.4, -0.2) is 28.8 Å². The lowest BCUT2D eigenvalue weighted by molar-refractivity contribution is -0.146. The van der Waals surface area contributed by atoms with Crippen LogP contribution in [0.5, 0.6) is 0 Å². The third-order valence-electron chi connectivity index (χ3n) is 3.09. The number of aliphatic carboxylic acids is 1. The Labute approximate surface area is 102 Å². The van der Waals surface area contributed by atoms with E-state index in [9.17, 15) is 14.7 Å². The topological polar surface area (TPSA) is 75.6 Å². The number of carbonyl (C=O) groups is 2. The fourth-order valence-corrected chi connectivity index (χ4v) is 2.35. The molecule has 0 saturated heterocycles. The second kappa shape index (κ2) is 5.38. The molecule has 2 unspecified atom stereocenters. The number of amides is 1. The van der Waals surface area contributed by atoms with Crippen LogP contribution in [0.3, 0.4) is 0 Å². The van der Waals surface area contributed by atoms with E-state index in [0.717, 1.165) is 12.8 Å². The molecule has 2 atom stereocenters. The van der Waals surface area contributed by atoms with Crippen molar-refractivity contribution in [2.45, 2.75) is 58.1 Å². The van der Waals surface area contributed by atoms with E-state index in [4.69, 9.17) is 4.74 Å². The zero-order chi connectivity index (χ0) is 13.1. The molecule has 0 bridgehead atoms. The largest absolute Gasteiger partial charge is 0.480 e. The molecular formula is C12H21NO4. The molecule has 0 aromatic heterocycles. The number of rotatable bonds is 3. The number of ether oxygens (including phenoxy) is 1. The van der Waals surface area contributed by atoms with Crippen LogP contribution in [0.25, 0.3) is 0 Å². The Morgan fingerprint density at radius 3 is 2.59 bits per heavy atom. The van der Waals surface area contributed by atoms with Crippen LogP contribution in [0.1, 0.15) is 46.5 Å². The van der Waals surface area contributed by atoms with E-state index in [1.54, 1.807) is 13.8 Å².